The maximum absolute atomic E-state index is 11.2. The highest BCUT2D eigenvalue weighted by atomic mass is 16.4. The number of benzene rings is 7. The van der Waals surface area contributed by atoms with E-state index in [0.717, 1.165) is 61.6 Å². The predicted molar refractivity (Wildman–Crippen MR) is 274 cm³/mol. The molecule has 67 heavy (non-hydrogen) atoms. The van der Waals surface area contributed by atoms with Crippen LogP contribution in [0, 0.1) is 13.1 Å². The third-order valence-corrected chi connectivity index (χ3v) is 10.5. The number of hydrogen-bond acceptors (Lipinski definition) is 3. The zero-order valence-electron chi connectivity index (χ0n) is 36.2. The second-order valence-corrected chi connectivity index (χ2v) is 15.1. The van der Waals surface area contributed by atoms with E-state index in [0.29, 0.717) is 11.1 Å². The molecule has 7 nitrogen and oxygen atoms in total. The van der Waals surface area contributed by atoms with E-state index in [-0.39, 0.29) is 11.4 Å². The van der Waals surface area contributed by atoms with Gasteiger partial charge in [0.15, 0.2) is 0 Å². The lowest BCUT2D eigenvalue weighted by atomic mass is 9.95. The lowest BCUT2D eigenvalue weighted by Gasteiger charge is -2.26. The molecule has 0 fully saturated rings. The van der Waals surface area contributed by atoms with Crippen molar-refractivity contribution in [2.24, 2.45) is 0 Å². The fourth-order valence-corrected chi connectivity index (χ4v) is 7.04. The standard InChI is InChI=1S/C60H43N3O4/c1-61-57(59(64)65)42-49-25-21-44(22-26-49)13-9-11-15-46-29-35-53(36-30-46)63(55-39-33-48(34-40-55)41-56(51-17-5-3-6-18-51)52-19-7-4-8-20-52)54-37-31-47(32-38-54)16-12-10-14-45-23-27-50(28-24-45)43-58(62-2)60(66)67/h3-43H,(H,64,65)(H,66,67)/b13-9+,14-10+,15-11+,16-12+,57-42-,58-43-. The van der Waals surface area contributed by atoms with Crippen molar-refractivity contribution in [3.8, 4) is 0 Å². The second kappa shape index (κ2) is 22.7. The normalized spacial score (nSPS) is 11.7. The maximum Gasteiger partial charge on any atom is 0.333 e. The van der Waals surface area contributed by atoms with E-state index in [4.69, 9.17) is 23.4 Å². The summed E-state index contributed by atoms with van der Waals surface area (Å²) >= 11 is 0. The van der Waals surface area contributed by atoms with Gasteiger partial charge in [0.05, 0.1) is 13.1 Å². The molecule has 0 atom stereocenters. The molecule has 0 unspecified atom stereocenters. The van der Waals surface area contributed by atoms with Crippen molar-refractivity contribution in [1.29, 1.82) is 0 Å². The van der Waals surface area contributed by atoms with Crippen LogP contribution in [0.25, 0.3) is 57.8 Å². The summed E-state index contributed by atoms with van der Waals surface area (Å²) in [6.07, 6.45) is 20.8. The predicted octanol–water partition coefficient (Wildman–Crippen LogP) is 14.9. The highest BCUT2D eigenvalue weighted by molar-refractivity contribution is 5.95. The number of rotatable bonds is 16. The molecular formula is C60H43N3O4. The lowest BCUT2D eigenvalue weighted by Crippen LogP contribution is -2.09. The molecule has 7 rings (SSSR count). The van der Waals surface area contributed by atoms with Crippen molar-refractivity contribution in [1.82, 2.24) is 0 Å². The van der Waals surface area contributed by atoms with Crippen LogP contribution in [0.4, 0.5) is 17.1 Å². The molecule has 7 aromatic rings. The van der Waals surface area contributed by atoms with E-state index >= 15 is 0 Å². The third-order valence-electron chi connectivity index (χ3n) is 10.5. The average Bonchev–Trinajstić information content (AvgIpc) is 3.37. The summed E-state index contributed by atoms with van der Waals surface area (Å²) in [5, 5.41) is 18.3. The Bertz CT molecular complexity index is 2940. The largest absolute Gasteiger partial charge is 0.486 e. The molecular weight excluding hydrogens is 827 g/mol. The summed E-state index contributed by atoms with van der Waals surface area (Å²) in [5.74, 6) is -2.49. The van der Waals surface area contributed by atoms with E-state index in [2.05, 4.69) is 142 Å². The van der Waals surface area contributed by atoms with Gasteiger partial charge in [-0.3, -0.25) is 9.59 Å². The van der Waals surface area contributed by atoms with Crippen molar-refractivity contribution in [2.45, 2.75) is 0 Å². The first kappa shape index (κ1) is 45.5. The van der Waals surface area contributed by atoms with E-state index in [1.54, 1.807) is 24.3 Å². The highest BCUT2D eigenvalue weighted by Gasteiger charge is 2.13. The molecule has 0 aliphatic carbocycles. The van der Waals surface area contributed by atoms with Gasteiger partial charge in [0.1, 0.15) is 0 Å². The molecule has 0 aromatic heterocycles. The van der Waals surface area contributed by atoms with Crippen molar-refractivity contribution in [3.63, 3.8) is 0 Å². The highest BCUT2D eigenvalue weighted by Crippen LogP contribution is 2.36. The number of anilines is 3. The van der Waals surface area contributed by atoms with Crippen LogP contribution in [-0.4, -0.2) is 22.2 Å². The number of aliphatic carboxylic acids is 2. The lowest BCUT2D eigenvalue weighted by molar-refractivity contribution is -0.133. The fraction of sp³-hybridized carbons (Fsp3) is 0. The zero-order valence-corrected chi connectivity index (χ0v) is 36.2. The third kappa shape index (κ3) is 12.8. The number of carboxylic acid groups (broad SMARTS) is 2. The molecule has 322 valence electrons. The van der Waals surface area contributed by atoms with Crippen LogP contribution in [0.2, 0.25) is 0 Å². The van der Waals surface area contributed by atoms with Crippen molar-refractivity contribution in [3.05, 3.63) is 291 Å². The number of allylic oxidation sites excluding steroid dienone is 4. The molecule has 0 spiro atoms. The number of nitrogens with zero attached hydrogens (tertiary/aromatic N) is 3. The van der Waals surface area contributed by atoms with Crippen LogP contribution in [0.3, 0.4) is 0 Å². The van der Waals surface area contributed by atoms with Crippen LogP contribution in [0.5, 0.6) is 0 Å². The van der Waals surface area contributed by atoms with Gasteiger partial charge in [0.25, 0.3) is 11.4 Å². The number of hydrogen-bond donors (Lipinski definition) is 2. The zero-order chi connectivity index (χ0) is 46.8. The Morgan fingerprint density at radius 2 is 0.642 bits per heavy atom. The van der Waals surface area contributed by atoms with Gasteiger partial charge in [-0.05, 0) is 110 Å². The first-order valence-electron chi connectivity index (χ1n) is 21.2. The Balaban J connectivity index is 1.11. The van der Waals surface area contributed by atoms with Crippen LogP contribution < -0.4 is 4.90 Å². The molecule has 0 saturated carbocycles. The summed E-state index contributed by atoms with van der Waals surface area (Å²) in [4.78, 5) is 30.7. The average molecular weight is 870 g/mol. The van der Waals surface area contributed by atoms with Crippen molar-refractivity contribution >= 4 is 77.1 Å². The molecule has 0 amide bonds. The molecule has 0 radical (unpaired) electrons. The Morgan fingerprint density at radius 1 is 0.373 bits per heavy atom. The first-order valence-corrected chi connectivity index (χ1v) is 21.2. The summed E-state index contributed by atoms with van der Waals surface area (Å²) in [5.41, 5.74) is 12.1. The van der Waals surface area contributed by atoms with Gasteiger partial charge in [0.2, 0.25) is 0 Å². The topological polar surface area (TPSA) is 86.6 Å². The molecule has 0 aliphatic rings. The molecule has 0 bridgehead atoms. The van der Waals surface area contributed by atoms with Gasteiger partial charge >= 0.3 is 11.9 Å². The Hall–Kier alpha value is -9.56. The molecule has 0 heterocycles. The SMILES string of the molecule is [C-]#[N+]/C(=C\c1ccc(/C=C/C=C/c2ccc(N(c3ccc(C=C(c4ccccc4)c4ccccc4)cc3)c3ccc(/C=C/C=C/c4ccc(/C=C(\[N+]#[C-])C(=O)O)cc4)cc3)cc2)cc1)C(=O)O. The van der Waals surface area contributed by atoms with Gasteiger partial charge in [-0.25, -0.2) is 9.69 Å². The molecule has 7 heteroatoms. The summed E-state index contributed by atoms with van der Waals surface area (Å²) in [7, 11) is 0. The number of carbonyl (C=O) groups is 2. The first-order chi connectivity index (χ1) is 32.8. The molecule has 2 N–H and O–H groups in total. The monoisotopic (exact) mass is 869 g/mol. The quantitative estimate of drug-likeness (QED) is 0.0437. The van der Waals surface area contributed by atoms with Gasteiger partial charge in [-0.15, -0.1) is 0 Å². The van der Waals surface area contributed by atoms with Gasteiger partial charge < -0.3 is 15.1 Å². The summed E-state index contributed by atoms with van der Waals surface area (Å²) < 4.78 is 0. The van der Waals surface area contributed by atoms with Crippen molar-refractivity contribution in [2.75, 3.05) is 4.90 Å². The summed E-state index contributed by atoms with van der Waals surface area (Å²) in [6, 6.07) is 60.9. The van der Waals surface area contributed by atoms with Gasteiger partial charge in [-0.1, -0.05) is 194 Å². The van der Waals surface area contributed by atoms with Crippen LogP contribution in [-0.2, 0) is 9.59 Å². The van der Waals surface area contributed by atoms with E-state index in [1.807, 2.05) is 85.0 Å². The summed E-state index contributed by atoms with van der Waals surface area (Å²) in [6.45, 7) is 14.1. The van der Waals surface area contributed by atoms with Crippen LogP contribution in [0.1, 0.15) is 50.1 Å². The van der Waals surface area contributed by atoms with Crippen LogP contribution >= 0.6 is 0 Å². The van der Waals surface area contributed by atoms with E-state index in [1.165, 1.54) is 12.2 Å². The Morgan fingerprint density at radius 3 is 0.940 bits per heavy atom. The minimum absolute atomic E-state index is 0.328. The fourth-order valence-electron chi connectivity index (χ4n) is 7.04. The smallest absolute Gasteiger partial charge is 0.333 e. The van der Waals surface area contributed by atoms with Gasteiger partial charge in [0, 0.05) is 17.1 Å². The number of carboxylic acids is 2. The van der Waals surface area contributed by atoms with Gasteiger partial charge in [-0.2, -0.15) is 0 Å². The second-order valence-electron chi connectivity index (χ2n) is 15.1. The Labute approximate surface area is 390 Å². The molecule has 0 aliphatic heterocycles. The molecule has 7 aromatic carbocycles. The minimum Gasteiger partial charge on any atom is -0.486 e. The van der Waals surface area contributed by atoms with Crippen molar-refractivity contribution < 1.29 is 19.8 Å². The van der Waals surface area contributed by atoms with E-state index < -0.39 is 11.9 Å². The maximum atomic E-state index is 11.2. The minimum atomic E-state index is -1.25. The molecule has 0 saturated heterocycles. The Kier molecular flexibility index (Phi) is 15.4. The van der Waals surface area contributed by atoms with Crippen LogP contribution in [0.15, 0.2) is 218 Å². The van der Waals surface area contributed by atoms with E-state index in [9.17, 15) is 9.59 Å².